The lowest BCUT2D eigenvalue weighted by Crippen LogP contribution is -2.29. The Labute approximate surface area is 152 Å². The van der Waals surface area contributed by atoms with Gasteiger partial charge in [-0.15, -0.1) is 12.4 Å². The first-order chi connectivity index (χ1) is 11.6. The van der Waals surface area contributed by atoms with Crippen LogP contribution in [0.25, 0.3) is 0 Å². The molecule has 1 heterocycles. The van der Waals surface area contributed by atoms with Crippen molar-refractivity contribution in [3.05, 3.63) is 75.8 Å². The van der Waals surface area contributed by atoms with Gasteiger partial charge >= 0.3 is 0 Å². The summed E-state index contributed by atoms with van der Waals surface area (Å²) in [5.41, 5.74) is 7.53. The molecule has 6 nitrogen and oxygen atoms in total. The van der Waals surface area contributed by atoms with E-state index < -0.39 is 4.92 Å². The van der Waals surface area contributed by atoms with Gasteiger partial charge in [-0.05, 0) is 30.2 Å². The van der Waals surface area contributed by atoms with Gasteiger partial charge in [0, 0.05) is 36.7 Å². The fourth-order valence-electron chi connectivity index (χ4n) is 3.26. The molecule has 3 rings (SSSR count). The van der Waals surface area contributed by atoms with Gasteiger partial charge in [0.05, 0.1) is 4.92 Å². The van der Waals surface area contributed by atoms with E-state index in [9.17, 15) is 14.9 Å². The average molecular weight is 362 g/mol. The summed E-state index contributed by atoms with van der Waals surface area (Å²) in [6.45, 7) is 1.73. The smallest absolute Gasteiger partial charge is 0.269 e. The standard InChI is InChI=1S/C18H19N3O3.ClH/c19-10-15-11-20(12-17(15)13-4-2-1-3-5-13)18(22)14-6-8-16(9-7-14)21(23)24;/h1-9,15,17H,10-12,19H2;1H/t15-,17+;/m1./s1. The molecule has 1 aliphatic rings. The van der Waals surface area contributed by atoms with Crippen molar-refractivity contribution in [3.63, 3.8) is 0 Å². The summed E-state index contributed by atoms with van der Waals surface area (Å²) in [6.07, 6.45) is 0. The zero-order valence-corrected chi connectivity index (χ0v) is 14.4. The van der Waals surface area contributed by atoms with Crippen LogP contribution in [0.1, 0.15) is 21.8 Å². The fourth-order valence-corrected chi connectivity index (χ4v) is 3.26. The van der Waals surface area contributed by atoms with Crippen molar-refractivity contribution >= 4 is 24.0 Å². The quantitative estimate of drug-likeness (QED) is 0.669. The maximum absolute atomic E-state index is 12.7. The lowest BCUT2D eigenvalue weighted by molar-refractivity contribution is -0.384. The molecule has 2 aromatic rings. The number of carbonyl (C=O) groups excluding carboxylic acids is 1. The minimum atomic E-state index is -0.472. The molecule has 7 heteroatoms. The first-order valence-corrected chi connectivity index (χ1v) is 7.89. The highest BCUT2D eigenvalue weighted by atomic mass is 35.5. The van der Waals surface area contributed by atoms with Crippen molar-refractivity contribution in [3.8, 4) is 0 Å². The van der Waals surface area contributed by atoms with E-state index in [0.717, 1.165) is 0 Å². The predicted molar refractivity (Wildman–Crippen MR) is 98.0 cm³/mol. The molecule has 0 radical (unpaired) electrons. The van der Waals surface area contributed by atoms with Crippen LogP contribution < -0.4 is 5.73 Å². The number of nitro groups is 1. The maximum Gasteiger partial charge on any atom is 0.269 e. The molecule has 0 spiro atoms. The van der Waals surface area contributed by atoms with E-state index in [1.807, 2.05) is 18.2 Å². The van der Waals surface area contributed by atoms with Gasteiger partial charge in [0.2, 0.25) is 0 Å². The van der Waals surface area contributed by atoms with Crippen molar-refractivity contribution in [2.45, 2.75) is 5.92 Å². The van der Waals surface area contributed by atoms with Crippen molar-refractivity contribution in [1.82, 2.24) is 4.90 Å². The lowest BCUT2D eigenvalue weighted by atomic mass is 9.89. The SMILES string of the molecule is Cl.NC[C@@H]1CN(C(=O)c2ccc([N+](=O)[O-])cc2)C[C@H]1c1ccccc1. The topological polar surface area (TPSA) is 89.5 Å². The molecule has 2 aromatic carbocycles. The van der Waals surface area contributed by atoms with E-state index in [2.05, 4.69) is 12.1 Å². The van der Waals surface area contributed by atoms with Gasteiger partial charge in [-0.25, -0.2) is 0 Å². The molecule has 1 fully saturated rings. The number of hydrogen-bond donors (Lipinski definition) is 1. The third kappa shape index (κ3) is 3.97. The molecular formula is C18H20ClN3O3. The van der Waals surface area contributed by atoms with Gasteiger partial charge in [0.1, 0.15) is 0 Å². The van der Waals surface area contributed by atoms with Crippen LogP contribution >= 0.6 is 12.4 Å². The molecule has 0 aliphatic carbocycles. The summed E-state index contributed by atoms with van der Waals surface area (Å²) in [5.74, 6) is 0.328. The van der Waals surface area contributed by atoms with Gasteiger partial charge in [-0.1, -0.05) is 30.3 Å². The number of likely N-dealkylation sites (tertiary alicyclic amines) is 1. The number of hydrogen-bond acceptors (Lipinski definition) is 4. The Balaban J connectivity index is 0.00000225. The Morgan fingerprint density at radius 1 is 1.12 bits per heavy atom. The molecule has 132 valence electrons. The highest BCUT2D eigenvalue weighted by Crippen LogP contribution is 2.32. The van der Waals surface area contributed by atoms with Crippen LogP contribution in [-0.4, -0.2) is 35.4 Å². The first kappa shape index (κ1) is 18.9. The van der Waals surface area contributed by atoms with Crippen LogP contribution in [0.15, 0.2) is 54.6 Å². The van der Waals surface area contributed by atoms with Gasteiger partial charge in [0.15, 0.2) is 0 Å². The minimum Gasteiger partial charge on any atom is -0.338 e. The molecule has 25 heavy (non-hydrogen) atoms. The average Bonchev–Trinajstić information content (AvgIpc) is 3.06. The number of carbonyl (C=O) groups is 1. The van der Waals surface area contributed by atoms with Gasteiger partial charge in [-0.3, -0.25) is 14.9 Å². The molecule has 0 bridgehead atoms. The van der Waals surface area contributed by atoms with E-state index in [0.29, 0.717) is 25.2 Å². The Kier molecular flexibility index (Phi) is 6.12. The number of nitrogens with two attached hydrogens (primary N) is 1. The van der Waals surface area contributed by atoms with Crippen LogP contribution in [0.2, 0.25) is 0 Å². The second-order valence-electron chi connectivity index (χ2n) is 6.03. The normalized spacial score (nSPS) is 19.3. The van der Waals surface area contributed by atoms with Crippen LogP contribution in [0, 0.1) is 16.0 Å². The summed E-state index contributed by atoms with van der Waals surface area (Å²) < 4.78 is 0. The number of amides is 1. The largest absolute Gasteiger partial charge is 0.338 e. The number of halogens is 1. The van der Waals surface area contributed by atoms with Crippen molar-refractivity contribution < 1.29 is 9.72 Å². The Hall–Kier alpha value is -2.44. The lowest BCUT2D eigenvalue weighted by Gasteiger charge is -2.17. The fraction of sp³-hybridized carbons (Fsp3) is 0.278. The van der Waals surface area contributed by atoms with Gasteiger partial charge in [0.25, 0.3) is 11.6 Å². The van der Waals surface area contributed by atoms with Gasteiger partial charge in [-0.2, -0.15) is 0 Å². The number of non-ortho nitro benzene ring substituents is 1. The molecular weight excluding hydrogens is 342 g/mol. The second kappa shape index (κ2) is 8.09. The van der Waals surface area contributed by atoms with Crippen LogP contribution in [0.5, 0.6) is 0 Å². The predicted octanol–water partition coefficient (Wildman–Crippen LogP) is 2.83. The summed E-state index contributed by atoms with van der Waals surface area (Å²) in [5, 5.41) is 10.7. The molecule has 0 unspecified atom stereocenters. The van der Waals surface area contributed by atoms with Crippen LogP contribution in [-0.2, 0) is 0 Å². The Morgan fingerprint density at radius 3 is 2.32 bits per heavy atom. The van der Waals surface area contributed by atoms with E-state index in [4.69, 9.17) is 5.73 Å². The number of benzene rings is 2. The Morgan fingerprint density at radius 2 is 1.76 bits per heavy atom. The molecule has 1 amide bonds. The van der Waals surface area contributed by atoms with Crippen molar-refractivity contribution in [2.24, 2.45) is 11.7 Å². The Bertz CT molecular complexity index is 737. The molecule has 1 saturated heterocycles. The molecule has 1 aliphatic heterocycles. The van der Waals surface area contributed by atoms with Crippen LogP contribution in [0.4, 0.5) is 5.69 Å². The number of nitro benzene ring substituents is 1. The highest BCUT2D eigenvalue weighted by molar-refractivity contribution is 5.94. The zero-order valence-electron chi connectivity index (χ0n) is 13.6. The maximum atomic E-state index is 12.7. The second-order valence-corrected chi connectivity index (χ2v) is 6.03. The molecule has 2 N–H and O–H groups in total. The summed E-state index contributed by atoms with van der Waals surface area (Å²) in [6, 6.07) is 15.8. The van der Waals surface area contributed by atoms with E-state index in [-0.39, 0.29) is 35.8 Å². The van der Waals surface area contributed by atoms with Crippen molar-refractivity contribution in [1.29, 1.82) is 0 Å². The van der Waals surface area contributed by atoms with E-state index in [1.54, 1.807) is 4.90 Å². The monoisotopic (exact) mass is 361 g/mol. The zero-order chi connectivity index (χ0) is 17.1. The third-order valence-electron chi connectivity index (χ3n) is 4.58. The van der Waals surface area contributed by atoms with Gasteiger partial charge < -0.3 is 10.6 Å². The van der Waals surface area contributed by atoms with Crippen LogP contribution in [0.3, 0.4) is 0 Å². The molecule has 2 atom stereocenters. The molecule has 0 aromatic heterocycles. The van der Waals surface area contributed by atoms with E-state index >= 15 is 0 Å². The van der Waals surface area contributed by atoms with Crippen molar-refractivity contribution in [2.75, 3.05) is 19.6 Å². The summed E-state index contributed by atoms with van der Waals surface area (Å²) in [4.78, 5) is 24.7. The minimum absolute atomic E-state index is 0. The highest BCUT2D eigenvalue weighted by Gasteiger charge is 2.35. The number of nitrogens with zero attached hydrogens (tertiary/aromatic N) is 2. The third-order valence-corrected chi connectivity index (χ3v) is 4.58. The summed E-state index contributed by atoms with van der Waals surface area (Å²) in [7, 11) is 0. The first-order valence-electron chi connectivity index (χ1n) is 7.89. The summed E-state index contributed by atoms with van der Waals surface area (Å²) >= 11 is 0. The number of rotatable bonds is 4. The molecule has 0 saturated carbocycles. The van der Waals surface area contributed by atoms with E-state index in [1.165, 1.54) is 29.8 Å².